The predicted molar refractivity (Wildman–Crippen MR) is 81.6 cm³/mol. The van der Waals surface area contributed by atoms with E-state index in [1.807, 2.05) is 25.7 Å². The number of aromatic nitrogens is 4. The van der Waals surface area contributed by atoms with Gasteiger partial charge in [-0.3, -0.25) is 4.48 Å². The normalized spacial score (nSPS) is 11.9. The average molecular weight is 331 g/mol. The second-order valence-electron chi connectivity index (χ2n) is 6.05. The number of fused-ring (bicyclic) bond motifs is 1. The summed E-state index contributed by atoms with van der Waals surface area (Å²) in [7, 11) is 5.98. The molecule has 2 aromatic rings. The molecule has 0 spiro atoms. The predicted octanol–water partition coefficient (Wildman–Crippen LogP) is -3.40. The standard InChI is InChI=1S/C13H23N6O2.ClH/c1-19(2,3)12-10-11(16-13(14)17-12)18(8-15-10)5-4-9(6-20)7-21;/h8-9,20-21H,4-7H2,1-3H3,(H2,14,16,17);1H/q+1;/p-1. The highest BCUT2D eigenvalue weighted by molar-refractivity contribution is 5.83. The number of quaternary nitrogens is 1. The molecule has 0 aliphatic heterocycles. The first-order valence-electron chi connectivity index (χ1n) is 6.89. The maximum atomic E-state index is 9.13. The first-order chi connectivity index (χ1) is 9.86. The Hall–Kier alpha value is -1.48. The number of hydrogen-bond donors (Lipinski definition) is 3. The molecule has 124 valence electrons. The summed E-state index contributed by atoms with van der Waals surface area (Å²) in [6, 6.07) is 0. The van der Waals surface area contributed by atoms with Crippen LogP contribution in [0.25, 0.3) is 11.2 Å². The van der Waals surface area contributed by atoms with E-state index >= 15 is 0 Å². The molecule has 0 saturated heterocycles. The summed E-state index contributed by atoms with van der Waals surface area (Å²) in [4.78, 5) is 13.0. The lowest BCUT2D eigenvalue weighted by molar-refractivity contribution is -0.00000777. The Morgan fingerprint density at radius 1 is 1.23 bits per heavy atom. The number of nitrogen functional groups attached to an aromatic ring is 1. The minimum absolute atomic E-state index is 0. The number of aryl methyl sites for hydroxylation is 1. The number of hydrogen-bond acceptors (Lipinski definition) is 6. The van der Waals surface area contributed by atoms with Crippen LogP contribution in [0.5, 0.6) is 0 Å². The van der Waals surface area contributed by atoms with Gasteiger partial charge in [0.2, 0.25) is 5.95 Å². The number of nitrogens with zero attached hydrogens (tertiary/aromatic N) is 5. The van der Waals surface area contributed by atoms with Gasteiger partial charge in [0.25, 0.3) is 5.82 Å². The van der Waals surface area contributed by atoms with Crippen LogP contribution >= 0.6 is 0 Å². The Morgan fingerprint density at radius 3 is 2.41 bits per heavy atom. The van der Waals surface area contributed by atoms with Gasteiger partial charge in [0.05, 0.1) is 27.5 Å². The zero-order valence-corrected chi connectivity index (χ0v) is 13.8. The lowest BCUT2D eigenvalue weighted by Crippen LogP contribution is -3.00. The maximum Gasteiger partial charge on any atom is 0.260 e. The molecule has 0 aromatic carbocycles. The molecule has 9 heteroatoms. The average Bonchev–Trinajstić information content (AvgIpc) is 2.81. The van der Waals surface area contributed by atoms with Crippen molar-refractivity contribution in [3.05, 3.63) is 6.33 Å². The third-order valence-electron chi connectivity index (χ3n) is 3.39. The van der Waals surface area contributed by atoms with Gasteiger partial charge in [-0.1, -0.05) is 0 Å². The molecule has 0 unspecified atom stereocenters. The van der Waals surface area contributed by atoms with E-state index in [4.69, 9.17) is 15.9 Å². The van der Waals surface area contributed by atoms with Crippen LogP contribution in [0, 0.1) is 5.92 Å². The van der Waals surface area contributed by atoms with Crippen molar-refractivity contribution in [1.82, 2.24) is 24.0 Å². The first kappa shape index (κ1) is 18.6. The molecule has 0 atom stereocenters. The summed E-state index contributed by atoms with van der Waals surface area (Å²) >= 11 is 0. The van der Waals surface area contributed by atoms with Crippen LogP contribution in [0.1, 0.15) is 6.42 Å². The van der Waals surface area contributed by atoms with Gasteiger partial charge >= 0.3 is 0 Å². The molecule has 0 amide bonds. The van der Waals surface area contributed by atoms with Gasteiger partial charge in [0.1, 0.15) is 0 Å². The molecule has 0 bridgehead atoms. The molecule has 0 saturated carbocycles. The van der Waals surface area contributed by atoms with Gasteiger partial charge in [-0.2, -0.15) is 9.97 Å². The Morgan fingerprint density at radius 2 is 1.86 bits per heavy atom. The van der Waals surface area contributed by atoms with Crippen molar-refractivity contribution in [3.63, 3.8) is 0 Å². The van der Waals surface area contributed by atoms with E-state index in [0.29, 0.717) is 23.1 Å². The van der Waals surface area contributed by atoms with Crippen LogP contribution in [-0.4, -0.2) is 64.1 Å². The van der Waals surface area contributed by atoms with Crippen molar-refractivity contribution in [1.29, 1.82) is 0 Å². The van der Waals surface area contributed by atoms with Gasteiger partial charge in [-0.25, -0.2) is 4.98 Å². The molecule has 0 radical (unpaired) electrons. The summed E-state index contributed by atoms with van der Waals surface area (Å²) in [5.74, 6) is 0.838. The minimum Gasteiger partial charge on any atom is -1.00 e. The number of aliphatic hydroxyl groups excluding tert-OH is 2. The molecule has 2 aromatic heterocycles. The van der Waals surface area contributed by atoms with E-state index in [-0.39, 0.29) is 37.5 Å². The molecule has 0 aliphatic rings. The molecule has 0 fully saturated rings. The van der Waals surface area contributed by atoms with E-state index < -0.39 is 0 Å². The molecule has 2 heterocycles. The van der Waals surface area contributed by atoms with Crippen LogP contribution in [0.4, 0.5) is 11.8 Å². The van der Waals surface area contributed by atoms with Crippen molar-refractivity contribution in [3.8, 4) is 0 Å². The van der Waals surface area contributed by atoms with E-state index in [9.17, 15) is 0 Å². The number of anilines is 1. The van der Waals surface area contributed by atoms with E-state index in [0.717, 1.165) is 11.3 Å². The van der Waals surface area contributed by atoms with Gasteiger partial charge in [0, 0.05) is 25.7 Å². The Balaban J connectivity index is 0.00000242. The van der Waals surface area contributed by atoms with E-state index in [1.54, 1.807) is 6.33 Å². The van der Waals surface area contributed by atoms with Crippen LogP contribution in [0.3, 0.4) is 0 Å². The van der Waals surface area contributed by atoms with E-state index in [1.165, 1.54) is 0 Å². The smallest absolute Gasteiger partial charge is 0.260 e. The first-order valence-corrected chi connectivity index (χ1v) is 6.89. The molecule has 2 rings (SSSR count). The molecule has 22 heavy (non-hydrogen) atoms. The highest BCUT2D eigenvalue weighted by Gasteiger charge is 2.23. The van der Waals surface area contributed by atoms with Crippen molar-refractivity contribution < 1.29 is 22.6 Å². The van der Waals surface area contributed by atoms with Crippen molar-refractivity contribution >= 4 is 22.9 Å². The number of imidazole rings is 1. The zero-order valence-electron chi connectivity index (χ0n) is 13.1. The summed E-state index contributed by atoms with van der Waals surface area (Å²) < 4.78 is 2.38. The zero-order chi connectivity index (χ0) is 15.6. The lowest BCUT2D eigenvalue weighted by Gasteiger charge is -2.22. The fourth-order valence-electron chi connectivity index (χ4n) is 2.14. The molecular weight excluding hydrogens is 308 g/mol. The second-order valence-corrected chi connectivity index (χ2v) is 6.05. The highest BCUT2D eigenvalue weighted by Crippen LogP contribution is 2.25. The van der Waals surface area contributed by atoms with Crippen molar-refractivity contribution in [2.45, 2.75) is 13.0 Å². The summed E-state index contributed by atoms with van der Waals surface area (Å²) in [5.41, 5.74) is 7.21. The third kappa shape index (κ3) is 3.83. The second kappa shape index (κ2) is 7.19. The molecular formula is C13H23ClN6O2. The van der Waals surface area contributed by atoms with Gasteiger partial charge < -0.3 is 32.9 Å². The molecule has 0 aliphatic carbocycles. The van der Waals surface area contributed by atoms with Crippen LogP contribution < -0.4 is 22.6 Å². The van der Waals surface area contributed by atoms with Gasteiger partial charge in [-0.15, -0.1) is 0 Å². The Bertz CT molecular complexity index is 621. The maximum absolute atomic E-state index is 9.13. The fraction of sp³-hybridized carbons (Fsp3) is 0.615. The summed E-state index contributed by atoms with van der Waals surface area (Å²) in [5, 5.41) is 18.3. The minimum atomic E-state index is -0.139. The van der Waals surface area contributed by atoms with E-state index in [2.05, 4.69) is 15.0 Å². The summed E-state index contributed by atoms with van der Waals surface area (Å²) in [6.45, 7) is 0.532. The van der Waals surface area contributed by atoms with Crippen molar-refractivity contribution in [2.75, 3.05) is 40.1 Å². The summed E-state index contributed by atoms with van der Waals surface area (Å²) in [6.07, 6.45) is 2.34. The number of nitrogens with two attached hydrogens (primary N) is 1. The third-order valence-corrected chi connectivity index (χ3v) is 3.39. The quantitative estimate of drug-likeness (QED) is 0.476. The number of aliphatic hydroxyl groups is 2. The van der Waals surface area contributed by atoms with Crippen LogP contribution in [-0.2, 0) is 6.54 Å². The van der Waals surface area contributed by atoms with Gasteiger partial charge in [-0.05, 0) is 6.42 Å². The van der Waals surface area contributed by atoms with Crippen LogP contribution in [0.15, 0.2) is 6.33 Å². The molecule has 8 nitrogen and oxygen atoms in total. The Labute approximate surface area is 135 Å². The SMILES string of the molecule is C[N+](C)(C)c1nc(N)nc2c1ncn2CCC(CO)CO.[Cl-]. The number of rotatable bonds is 6. The monoisotopic (exact) mass is 330 g/mol. The Kier molecular flexibility index (Phi) is 6.07. The lowest BCUT2D eigenvalue weighted by atomic mass is 10.1. The van der Waals surface area contributed by atoms with Gasteiger partial charge in [0.15, 0.2) is 11.2 Å². The largest absolute Gasteiger partial charge is 1.00 e. The van der Waals surface area contributed by atoms with Crippen LogP contribution in [0.2, 0.25) is 0 Å². The highest BCUT2D eigenvalue weighted by atomic mass is 35.5. The fourth-order valence-corrected chi connectivity index (χ4v) is 2.14. The van der Waals surface area contributed by atoms with Crippen molar-refractivity contribution in [2.24, 2.45) is 5.92 Å². The number of halogens is 1. The topological polar surface area (TPSA) is 110 Å². The molecule has 4 N–H and O–H groups in total.